The summed E-state index contributed by atoms with van der Waals surface area (Å²) in [5, 5.41) is 9.68. The van der Waals surface area contributed by atoms with Crippen molar-refractivity contribution in [2.45, 2.75) is 37.7 Å². The van der Waals surface area contributed by atoms with Crippen LogP contribution >= 0.6 is 0 Å². The highest BCUT2D eigenvalue weighted by Crippen LogP contribution is 2.32. The van der Waals surface area contributed by atoms with Crippen molar-refractivity contribution in [2.24, 2.45) is 0 Å². The van der Waals surface area contributed by atoms with Gasteiger partial charge in [-0.2, -0.15) is 0 Å². The molecule has 1 heterocycles. The van der Waals surface area contributed by atoms with E-state index in [0.717, 1.165) is 25.0 Å². The van der Waals surface area contributed by atoms with Crippen molar-refractivity contribution in [3.8, 4) is 0 Å². The maximum absolute atomic E-state index is 9.68. The van der Waals surface area contributed by atoms with E-state index in [4.69, 9.17) is 4.42 Å². The zero-order chi connectivity index (χ0) is 8.39. The first-order valence-corrected chi connectivity index (χ1v) is 4.59. The van der Waals surface area contributed by atoms with E-state index in [9.17, 15) is 5.11 Å². The molecule has 2 nitrogen and oxygen atoms in total. The summed E-state index contributed by atoms with van der Waals surface area (Å²) in [5.41, 5.74) is 0. The number of hydrogen-bond acceptors (Lipinski definition) is 2. The Balaban J connectivity index is 2.11. The highest BCUT2D eigenvalue weighted by molar-refractivity contribution is 5.08. The molecule has 1 aliphatic carbocycles. The number of aliphatic hydroxyl groups is 1. The second kappa shape index (κ2) is 3.31. The van der Waals surface area contributed by atoms with E-state index in [1.165, 1.54) is 6.42 Å². The van der Waals surface area contributed by atoms with Crippen LogP contribution in [0.25, 0.3) is 0 Å². The van der Waals surface area contributed by atoms with Gasteiger partial charge in [0.15, 0.2) is 0 Å². The summed E-state index contributed by atoms with van der Waals surface area (Å²) in [6.07, 6.45) is 5.84. The molecule has 0 aliphatic heterocycles. The molecule has 1 aliphatic rings. The Kier molecular flexibility index (Phi) is 2.17. The van der Waals surface area contributed by atoms with Crippen molar-refractivity contribution in [1.82, 2.24) is 0 Å². The summed E-state index contributed by atoms with van der Waals surface area (Å²) in [6.45, 7) is 0. The fourth-order valence-corrected chi connectivity index (χ4v) is 1.95. The molecule has 2 heteroatoms. The second-order valence-electron chi connectivity index (χ2n) is 3.47. The molecule has 2 rings (SSSR count). The quantitative estimate of drug-likeness (QED) is 0.694. The number of hydrogen-bond donors (Lipinski definition) is 1. The molecule has 2 atom stereocenters. The van der Waals surface area contributed by atoms with Gasteiger partial charge in [-0.3, -0.25) is 0 Å². The van der Waals surface area contributed by atoms with E-state index in [2.05, 4.69) is 0 Å². The van der Waals surface area contributed by atoms with Crippen LogP contribution in [-0.4, -0.2) is 11.2 Å². The number of aliphatic hydroxyl groups excluding tert-OH is 1. The Morgan fingerprint density at radius 1 is 1.33 bits per heavy atom. The molecule has 12 heavy (non-hydrogen) atoms. The zero-order valence-electron chi connectivity index (χ0n) is 7.07. The molecule has 1 N–H and O–H groups in total. The summed E-state index contributed by atoms with van der Waals surface area (Å²) in [6, 6.07) is 3.84. The molecule has 1 aromatic rings. The Morgan fingerprint density at radius 2 is 2.17 bits per heavy atom. The molecule has 0 unspecified atom stereocenters. The molecule has 0 spiro atoms. The monoisotopic (exact) mass is 166 g/mol. The van der Waals surface area contributed by atoms with Crippen LogP contribution < -0.4 is 0 Å². The lowest BCUT2D eigenvalue weighted by molar-refractivity contribution is 0.0965. The molecule has 66 valence electrons. The van der Waals surface area contributed by atoms with Gasteiger partial charge in [0.05, 0.1) is 12.4 Å². The lowest BCUT2D eigenvalue weighted by atomic mass is 9.85. The molecule has 0 amide bonds. The Hall–Kier alpha value is -0.760. The summed E-state index contributed by atoms with van der Waals surface area (Å²) >= 11 is 0. The summed E-state index contributed by atoms with van der Waals surface area (Å²) in [5.74, 6) is 1.19. The predicted octanol–water partition coefficient (Wildman–Crippen LogP) is 2.30. The largest absolute Gasteiger partial charge is 0.469 e. The van der Waals surface area contributed by atoms with Gasteiger partial charge < -0.3 is 9.52 Å². The molecule has 1 saturated carbocycles. The normalized spacial score (nSPS) is 30.4. The average molecular weight is 166 g/mol. The van der Waals surface area contributed by atoms with Gasteiger partial charge >= 0.3 is 0 Å². The highest BCUT2D eigenvalue weighted by Gasteiger charge is 2.26. The molecule has 1 fully saturated rings. The Morgan fingerprint density at radius 3 is 2.83 bits per heavy atom. The minimum absolute atomic E-state index is 0.190. The first kappa shape index (κ1) is 7.87. The minimum Gasteiger partial charge on any atom is -0.469 e. The van der Waals surface area contributed by atoms with Crippen LogP contribution in [0, 0.1) is 0 Å². The molecular formula is C10H14O2. The van der Waals surface area contributed by atoms with E-state index in [0.29, 0.717) is 0 Å². The maximum Gasteiger partial charge on any atom is 0.109 e. The van der Waals surface area contributed by atoms with Gasteiger partial charge in [-0.25, -0.2) is 0 Å². The molecule has 0 aromatic carbocycles. The maximum atomic E-state index is 9.68. The smallest absolute Gasteiger partial charge is 0.109 e. The van der Waals surface area contributed by atoms with Crippen molar-refractivity contribution in [2.75, 3.05) is 0 Å². The number of rotatable bonds is 1. The lowest BCUT2D eigenvalue weighted by Crippen LogP contribution is -2.21. The first-order valence-electron chi connectivity index (χ1n) is 4.59. The number of furan rings is 1. The second-order valence-corrected chi connectivity index (χ2v) is 3.47. The third-order valence-electron chi connectivity index (χ3n) is 2.64. The van der Waals surface area contributed by atoms with E-state index >= 15 is 0 Å². The van der Waals surface area contributed by atoms with Gasteiger partial charge in [0.25, 0.3) is 0 Å². The summed E-state index contributed by atoms with van der Waals surface area (Å²) in [7, 11) is 0. The summed E-state index contributed by atoms with van der Waals surface area (Å²) in [4.78, 5) is 0. The standard InChI is InChI=1S/C10H14O2/c11-9-5-2-1-4-8(9)10-6-3-7-12-10/h3,6-9,11H,1-2,4-5H2/t8-,9-/m0/s1. The van der Waals surface area contributed by atoms with Crippen LogP contribution in [0.5, 0.6) is 0 Å². The van der Waals surface area contributed by atoms with E-state index in [1.807, 2.05) is 12.1 Å². The third kappa shape index (κ3) is 1.39. The van der Waals surface area contributed by atoms with Crippen molar-refractivity contribution >= 4 is 0 Å². The van der Waals surface area contributed by atoms with Crippen LogP contribution in [0.4, 0.5) is 0 Å². The van der Waals surface area contributed by atoms with Crippen LogP contribution in [0.2, 0.25) is 0 Å². The van der Waals surface area contributed by atoms with Crippen LogP contribution in [-0.2, 0) is 0 Å². The van der Waals surface area contributed by atoms with Crippen molar-refractivity contribution < 1.29 is 9.52 Å². The molecule has 1 aromatic heterocycles. The minimum atomic E-state index is -0.190. The van der Waals surface area contributed by atoms with Crippen LogP contribution in [0.3, 0.4) is 0 Å². The van der Waals surface area contributed by atoms with E-state index in [1.54, 1.807) is 6.26 Å². The molecule has 0 radical (unpaired) electrons. The zero-order valence-corrected chi connectivity index (χ0v) is 7.07. The van der Waals surface area contributed by atoms with Crippen molar-refractivity contribution in [3.05, 3.63) is 24.2 Å². The third-order valence-corrected chi connectivity index (χ3v) is 2.64. The fourth-order valence-electron chi connectivity index (χ4n) is 1.95. The van der Waals surface area contributed by atoms with Crippen molar-refractivity contribution in [1.29, 1.82) is 0 Å². The molecule has 0 saturated heterocycles. The topological polar surface area (TPSA) is 33.4 Å². The van der Waals surface area contributed by atoms with Gasteiger partial charge in [0, 0.05) is 5.92 Å². The van der Waals surface area contributed by atoms with Gasteiger partial charge in [0.1, 0.15) is 5.76 Å². The van der Waals surface area contributed by atoms with Gasteiger partial charge in [-0.05, 0) is 25.0 Å². The Labute approximate surface area is 72.2 Å². The van der Waals surface area contributed by atoms with Gasteiger partial charge in [-0.15, -0.1) is 0 Å². The summed E-state index contributed by atoms with van der Waals surface area (Å²) < 4.78 is 5.28. The predicted molar refractivity (Wildman–Crippen MR) is 45.9 cm³/mol. The van der Waals surface area contributed by atoms with E-state index < -0.39 is 0 Å². The van der Waals surface area contributed by atoms with Crippen LogP contribution in [0.15, 0.2) is 22.8 Å². The van der Waals surface area contributed by atoms with Crippen molar-refractivity contribution in [3.63, 3.8) is 0 Å². The van der Waals surface area contributed by atoms with Crippen LogP contribution in [0.1, 0.15) is 37.4 Å². The molecular weight excluding hydrogens is 152 g/mol. The molecule has 0 bridgehead atoms. The van der Waals surface area contributed by atoms with Gasteiger partial charge in [0.2, 0.25) is 0 Å². The lowest BCUT2D eigenvalue weighted by Gasteiger charge is -2.25. The highest BCUT2D eigenvalue weighted by atomic mass is 16.3. The Bertz CT molecular complexity index is 228. The SMILES string of the molecule is O[C@H]1CCCC[C@@H]1c1ccco1. The van der Waals surface area contributed by atoms with E-state index in [-0.39, 0.29) is 12.0 Å². The average Bonchev–Trinajstić information content (AvgIpc) is 2.57. The van der Waals surface area contributed by atoms with Gasteiger partial charge in [-0.1, -0.05) is 12.8 Å². The fraction of sp³-hybridized carbons (Fsp3) is 0.600. The first-order chi connectivity index (χ1) is 5.88.